The molecule has 0 spiro atoms. The topological polar surface area (TPSA) is 52.6 Å². The molecular formula is C17H23ClO4. The van der Waals surface area contributed by atoms with Gasteiger partial charge in [0.2, 0.25) is 0 Å². The number of hydrogen-bond acceptors (Lipinski definition) is 4. The van der Waals surface area contributed by atoms with E-state index in [1.807, 2.05) is 20.8 Å². The van der Waals surface area contributed by atoms with Crippen LogP contribution >= 0.6 is 11.6 Å². The predicted octanol–water partition coefficient (Wildman–Crippen LogP) is 4.31. The highest BCUT2D eigenvalue weighted by atomic mass is 35.5. The van der Waals surface area contributed by atoms with Crippen LogP contribution in [0.2, 0.25) is 5.02 Å². The summed E-state index contributed by atoms with van der Waals surface area (Å²) in [5.41, 5.74) is 0.772. The van der Waals surface area contributed by atoms with Gasteiger partial charge in [-0.1, -0.05) is 32.4 Å². The molecule has 1 aromatic rings. The monoisotopic (exact) mass is 326 g/mol. The molecular weight excluding hydrogens is 304 g/mol. The van der Waals surface area contributed by atoms with Crippen LogP contribution in [0.15, 0.2) is 18.2 Å². The molecule has 0 bridgehead atoms. The number of ether oxygens (including phenoxy) is 2. The van der Waals surface area contributed by atoms with Crippen molar-refractivity contribution in [3.63, 3.8) is 0 Å². The molecule has 0 fully saturated rings. The largest absolute Gasteiger partial charge is 0.462 e. The fourth-order valence-corrected chi connectivity index (χ4v) is 2.25. The van der Waals surface area contributed by atoms with Crippen LogP contribution in [-0.2, 0) is 14.3 Å². The zero-order valence-corrected chi connectivity index (χ0v) is 14.3. The van der Waals surface area contributed by atoms with E-state index in [9.17, 15) is 9.59 Å². The first-order chi connectivity index (χ1) is 10.3. The standard InChI is InChI=1S/C17H23ClO4/c1-5-14(11(2)3)21-16(19)8-9-17(20)22-15-7-6-13(18)10-12(15)4/h6-7,10-11,14H,5,8-9H2,1-4H3. The molecule has 0 aliphatic heterocycles. The fourth-order valence-electron chi connectivity index (χ4n) is 2.02. The summed E-state index contributed by atoms with van der Waals surface area (Å²) in [6, 6.07) is 5.01. The van der Waals surface area contributed by atoms with Gasteiger partial charge >= 0.3 is 11.9 Å². The van der Waals surface area contributed by atoms with Crippen molar-refractivity contribution in [3.8, 4) is 5.75 Å². The average Bonchev–Trinajstić information content (AvgIpc) is 2.45. The van der Waals surface area contributed by atoms with Crippen molar-refractivity contribution in [1.29, 1.82) is 0 Å². The SMILES string of the molecule is CCC(OC(=O)CCC(=O)Oc1ccc(Cl)cc1C)C(C)C. The van der Waals surface area contributed by atoms with Crippen LogP contribution in [0.5, 0.6) is 5.75 Å². The Labute approximate surface area is 136 Å². The minimum absolute atomic E-state index is 0.00453. The summed E-state index contributed by atoms with van der Waals surface area (Å²) in [4.78, 5) is 23.5. The van der Waals surface area contributed by atoms with E-state index >= 15 is 0 Å². The van der Waals surface area contributed by atoms with Crippen LogP contribution in [0.1, 0.15) is 45.6 Å². The first-order valence-corrected chi connectivity index (χ1v) is 7.87. The minimum Gasteiger partial charge on any atom is -0.462 e. The summed E-state index contributed by atoms with van der Waals surface area (Å²) in [6.07, 6.45) is 0.670. The highest BCUT2D eigenvalue weighted by Gasteiger charge is 2.17. The Morgan fingerprint density at radius 2 is 1.82 bits per heavy atom. The Balaban J connectivity index is 2.44. The van der Waals surface area contributed by atoms with Gasteiger partial charge in [0.05, 0.1) is 12.8 Å². The molecule has 0 aliphatic carbocycles. The summed E-state index contributed by atoms with van der Waals surface area (Å²) in [7, 11) is 0. The van der Waals surface area contributed by atoms with Crippen molar-refractivity contribution in [2.75, 3.05) is 0 Å². The molecule has 0 aliphatic rings. The predicted molar refractivity (Wildman–Crippen MR) is 86.1 cm³/mol. The van der Waals surface area contributed by atoms with Gasteiger partial charge in [0, 0.05) is 5.02 Å². The summed E-state index contributed by atoms with van der Waals surface area (Å²) < 4.78 is 10.6. The molecule has 22 heavy (non-hydrogen) atoms. The second-order valence-electron chi connectivity index (χ2n) is 5.56. The Bertz CT molecular complexity index is 525. The van der Waals surface area contributed by atoms with Gasteiger partial charge in [-0.15, -0.1) is 0 Å². The van der Waals surface area contributed by atoms with Crippen LogP contribution in [0.4, 0.5) is 0 Å². The zero-order valence-electron chi connectivity index (χ0n) is 13.5. The number of esters is 2. The molecule has 4 nitrogen and oxygen atoms in total. The number of rotatable bonds is 7. The van der Waals surface area contributed by atoms with Crippen LogP contribution in [-0.4, -0.2) is 18.0 Å². The first-order valence-electron chi connectivity index (χ1n) is 7.49. The number of hydrogen-bond donors (Lipinski definition) is 0. The van der Waals surface area contributed by atoms with Crippen molar-refractivity contribution >= 4 is 23.5 Å². The van der Waals surface area contributed by atoms with E-state index in [-0.39, 0.29) is 30.8 Å². The second-order valence-corrected chi connectivity index (χ2v) is 6.00. The third-order valence-corrected chi connectivity index (χ3v) is 3.56. The van der Waals surface area contributed by atoms with Crippen molar-refractivity contribution < 1.29 is 19.1 Å². The van der Waals surface area contributed by atoms with Crippen LogP contribution in [0, 0.1) is 12.8 Å². The van der Waals surface area contributed by atoms with Crippen molar-refractivity contribution in [3.05, 3.63) is 28.8 Å². The summed E-state index contributed by atoms with van der Waals surface area (Å²) in [6.45, 7) is 7.77. The summed E-state index contributed by atoms with van der Waals surface area (Å²) in [5.74, 6) is -0.112. The van der Waals surface area contributed by atoms with E-state index in [1.165, 1.54) is 0 Å². The van der Waals surface area contributed by atoms with Crippen molar-refractivity contribution in [2.45, 2.75) is 53.1 Å². The molecule has 5 heteroatoms. The van der Waals surface area contributed by atoms with Gasteiger partial charge in [0.1, 0.15) is 11.9 Å². The van der Waals surface area contributed by atoms with Gasteiger partial charge < -0.3 is 9.47 Å². The van der Waals surface area contributed by atoms with Gasteiger partial charge in [0.25, 0.3) is 0 Å². The van der Waals surface area contributed by atoms with Crippen molar-refractivity contribution in [2.24, 2.45) is 5.92 Å². The highest BCUT2D eigenvalue weighted by molar-refractivity contribution is 6.30. The molecule has 0 N–H and O–H groups in total. The Kier molecular flexibility index (Phi) is 7.39. The quantitative estimate of drug-likeness (QED) is 0.553. The number of aryl methyl sites for hydroxylation is 1. The lowest BCUT2D eigenvalue weighted by Gasteiger charge is -2.19. The maximum atomic E-state index is 11.8. The lowest BCUT2D eigenvalue weighted by Crippen LogP contribution is -2.23. The molecule has 1 aromatic carbocycles. The van der Waals surface area contributed by atoms with Crippen LogP contribution in [0.3, 0.4) is 0 Å². The van der Waals surface area contributed by atoms with Crippen molar-refractivity contribution in [1.82, 2.24) is 0 Å². The molecule has 1 unspecified atom stereocenters. The molecule has 0 amide bonds. The third-order valence-electron chi connectivity index (χ3n) is 3.32. The average molecular weight is 327 g/mol. The van der Waals surface area contributed by atoms with Crippen LogP contribution < -0.4 is 4.74 Å². The Hall–Kier alpha value is -1.55. The normalized spacial score (nSPS) is 12.1. The molecule has 122 valence electrons. The molecule has 0 aromatic heterocycles. The number of benzene rings is 1. The Morgan fingerprint density at radius 1 is 1.18 bits per heavy atom. The van der Waals surface area contributed by atoms with Gasteiger partial charge in [-0.25, -0.2) is 0 Å². The van der Waals surface area contributed by atoms with Gasteiger partial charge in [-0.2, -0.15) is 0 Å². The summed E-state index contributed by atoms with van der Waals surface area (Å²) in [5, 5.41) is 0.583. The molecule has 0 saturated carbocycles. The zero-order chi connectivity index (χ0) is 16.7. The van der Waals surface area contributed by atoms with Gasteiger partial charge in [-0.3, -0.25) is 9.59 Å². The molecule has 1 atom stereocenters. The van der Waals surface area contributed by atoms with Gasteiger partial charge in [-0.05, 0) is 43.0 Å². The Morgan fingerprint density at radius 3 is 2.36 bits per heavy atom. The van der Waals surface area contributed by atoms with Gasteiger partial charge in [0.15, 0.2) is 0 Å². The van der Waals surface area contributed by atoms with E-state index in [0.717, 1.165) is 12.0 Å². The second kappa shape index (κ2) is 8.79. The highest BCUT2D eigenvalue weighted by Crippen LogP contribution is 2.22. The van der Waals surface area contributed by atoms with E-state index in [2.05, 4.69) is 0 Å². The lowest BCUT2D eigenvalue weighted by molar-refractivity contribution is -0.153. The van der Waals surface area contributed by atoms with E-state index in [4.69, 9.17) is 21.1 Å². The summed E-state index contributed by atoms with van der Waals surface area (Å²) >= 11 is 5.84. The lowest BCUT2D eigenvalue weighted by atomic mass is 10.1. The van der Waals surface area contributed by atoms with E-state index < -0.39 is 5.97 Å². The minimum atomic E-state index is -0.458. The number of halogens is 1. The molecule has 0 saturated heterocycles. The molecule has 0 heterocycles. The fraction of sp³-hybridized carbons (Fsp3) is 0.529. The van der Waals surface area contributed by atoms with Crippen LogP contribution in [0.25, 0.3) is 0 Å². The first kappa shape index (κ1) is 18.5. The maximum Gasteiger partial charge on any atom is 0.311 e. The van der Waals surface area contributed by atoms with E-state index in [0.29, 0.717) is 10.8 Å². The maximum absolute atomic E-state index is 11.8. The molecule has 1 rings (SSSR count). The smallest absolute Gasteiger partial charge is 0.311 e. The number of carbonyl (C=O) groups is 2. The third kappa shape index (κ3) is 6.06. The molecule has 0 radical (unpaired) electrons. The van der Waals surface area contributed by atoms with E-state index in [1.54, 1.807) is 25.1 Å². The number of carbonyl (C=O) groups excluding carboxylic acids is 2.